The standard InChI is InChI=1S/C10H12BrFO/c1-7(6-13)4-8-2-3-9(11)5-10(8)12/h2-3,5,7,13H,4,6H2,1H3. The number of aliphatic hydroxyl groups is 1. The molecule has 1 aromatic carbocycles. The van der Waals surface area contributed by atoms with Crippen LogP contribution in [-0.4, -0.2) is 11.7 Å². The number of halogens is 2. The molecule has 1 nitrogen and oxygen atoms in total. The fourth-order valence-electron chi connectivity index (χ4n) is 1.13. The van der Waals surface area contributed by atoms with Gasteiger partial charge in [0, 0.05) is 11.1 Å². The van der Waals surface area contributed by atoms with Crippen LogP contribution in [0.15, 0.2) is 22.7 Å². The Hall–Kier alpha value is -0.410. The fraction of sp³-hybridized carbons (Fsp3) is 0.400. The minimum absolute atomic E-state index is 0.0928. The Morgan fingerprint density at radius 2 is 2.23 bits per heavy atom. The Labute approximate surface area is 85.7 Å². The second-order valence-corrected chi connectivity index (χ2v) is 4.14. The molecular formula is C10H12BrFO. The number of benzene rings is 1. The molecule has 1 atom stereocenters. The maximum Gasteiger partial charge on any atom is 0.127 e. The molecule has 0 saturated carbocycles. The zero-order valence-corrected chi connectivity index (χ0v) is 9.01. The number of aliphatic hydroxyl groups excluding tert-OH is 1. The van der Waals surface area contributed by atoms with Crippen molar-refractivity contribution in [2.45, 2.75) is 13.3 Å². The maximum absolute atomic E-state index is 13.2. The van der Waals surface area contributed by atoms with Crippen LogP contribution in [0.25, 0.3) is 0 Å². The van der Waals surface area contributed by atoms with Crippen molar-refractivity contribution in [1.82, 2.24) is 0 Å². The highest BCUT2D eigenvalue weighted by molar-refractivity contribution is 9.10. The van der Waals surface area contributed by atoms with Crippen molar-refractivity contribution in [3.8, 4) is 0 Å². The average molecular weight is 247 g/mol. The summed E-state index contributed by atoms with van der Waals surface area (Å²) < 4.78 is 14.0. The van der Waals surface area contributed by atoms with Crippen LogP contribution in [0.2, 0.25) is 0 Å². The van der Waals surface area contributed by atoms with E-state index in [-0.39, 0.29) is 18.3 Å². The Kier molecular flexibility index (Phi) is 3.88. The van der Waals surface area contributed by atoms with Crippen molar-refractivity contribution < 1.29 is 9.50 Å². The first-order chi connectivity index (χ1) is 6.13. The van der Waals surface area contributed by atoms with E-state index in [1.807, 2.05) is 13.0 Å². The van der Waals surface area contributed by atoms with Gasteiger partial charge >= 0.3 is 0 Å². The highest BCUT2D eigenvalue weighted by Gasteiger charge is 2.06. The van der Waals surface area contributed by atoms with Gasteiger partial charge < -0.3 is 5.11 Å². The third-order valence-corrected chi connectivity index (χ3v) is 2.39. The summed E-state index contributed by atoms with van der Waals surface area (Å²) in [6, 6.07) is 4.99. The van der Waals surface area contributed by atoms with E-state index in [1.165, 1.54) is 6.07 Å². The van der Waals surface area contributed by atoms with Crippen LogP contribution in [-0.2, 0) is 6.42 Å². The molecule has 1 N–H and O–H groups in total. The van der Waals surface area contributed by atoms with Crippen LogP contribution in [0, 0.1) is 11.7 Å². The van der Waals surface area contributed by atoms with Crippen molar-refractivity contribution in [2.24, 2.45) is 5.92 Å². The van der Waals surface area contributed by atoms with Gasteiger partial charge in [-0.2, -0.15) is 0 Å². The average Bonchev–Trinajstić information content (AvgIpc) is 2.09. The minimum Gasteiger partial charge on any atom is -0.396 e. The molecule has 0 aliphatic rings. The summed E-state index contributed by atoms with van der Waals surface area (Å²) in [5.41, 5.74) is 0.657. The molecule has 0 aromatic heterocycles. The molecular weight excluding hydrogens is 235 g/mol. The molecule has 0 bridgehead atoms. The summed E-state index contributed by atoms with van der Waals surface area (Å²) in [7, 11) is 0. The van der Waals surface area contributed by atoms with Gasteiger partial charge in [-0.3, -0.25) is 0 Å². The lowest BCUT2D eigenvalue weighted by Crippen LogP contribution is -2.05. The van der Waals surface area contributed by atoms with Crippen LogP contribution < -0.4 is 0 Å². The molecule has 0 aliphatic carbocycles. The van der Waals surface area contributed by atoms with Crippen LogP contribution in [0.4, 0.5) is 4.39 Å². The fourth-order valence-corrected chi connectivity index (χ4v) is 1.46. The maximum atomic E-state index is 13.2. The number of hydrogen-bond acceptors (Lipinski definition) is 1. The van der Waals surface area contributed by atoms with Crippen LogP contribution in [0.3, 0.4) is 0 Å². The van der Waals surface area contributed by atoms with E-state index in [4.69, 9.17) is 5.11 Å². The van der Waals surface area contributed by atoms with Crippen molar-refractivity contribution in [3.05, 3.63) is 34.1 Å². The van der Waals surface area contributed by atoms with Gasteiger partial charge in [-0.05, 0) is 30.0 Å². The van der Waals surface area contributed by atoms with Gasteiger partial charge in [0.2, 0.25) is 0 Å². The highest BCUT2D eigenvalue weighted by atomic mass is 79.9. The van der Waals surface area contributed by atoms with Crippen LogP contribution in [0.1, 0.15) is 12.5 Å². The first kappa shape index (κ1) is 10.7. The topological polar surface area (TPSA) is 20.2 Å². The SMILES string of the molecule is CC(CO)Cc1ccc(Br)cc1F. The van der Waals surface area contributed by atoms with Crippen LogP contribution >= 0.6 is 15.9 Å². The summed E-state index contributed by atoms with van der Waals surface area (Å²) in [6.45, 7) is 1.98. The Bertz CT molecular complexity index is 288. The second-order valence-electron chi connectivity index (χ2n) is 3.23. The van der Waals surface area contributed by atoms with Crippen molar-refractivity contribution >= 4 is 15.9 Å². The van der Waals surface area contributed by atoms with E-state index >= 15 is 0 Å². The molecule has 72 valence electrons. The second kappa shape index (κ2) is 4.72. The molecule has 0 heterocycles. The quantitative estimate of drug-likeness (QED) is 0.870. The lowest BCUT2D eigenvalue weighted by Gasteiger charge is -2.08. The predicted octanol–water partition coefficient (Wildman–Crippen LogP) is 2.76. The van der Waals surface area contributed by atoms with E-state index < -0.39 is 0 Å². The molecule has 0 amide bonds. The molecule has 0 saturated heterocycles. The van der Waals surface area contributed by atoms with E-state index in [1.54, 1.807) is 6.07 Å². The Morgan fingerprint density at radius 3 is 2.77 bits per heavy atom. The van der Waals surface area contributed by atoms with Gasteiger partial charge in [0.25, 0.3) is 0 Å². The zero-order chi connectivity index (χ0) is 9.84. The van der Waals surface area contributed by atoms with Gasteiger partial charge in [0.05, 0.1) is 0 Å². The normalized spacial score (nSPS) is 12.9. The Balaban J connectivity index is 2.77. The van der Waals surface area contributed by atoms with E-state index in [0.717, 1.165) is 4.47 Å². The lowest BCUT2D eigenvalue weighted by molar-refractivity contribution is 0.236. The predicted molar refractivity (Wildman–Crippen MR) is 54.1 cm³/mol. The molecule has 0 spiro atoms. The van der Waals surface area contributed by atoms with Crippen molar-refractivity contribution in [3.63, 3.8) is 0 Å². The minimum atomic E-state index is -0.213. The first-order valence-corrected chi connectivity index (χ1v) is 4.97. The summed E-state index contributed by atoms with van der Waals surface area (Å²) in [6.07, 6.45) is 0.579. The smallest absolute Gasteiger partial charge is 0.127 e. The van der Waals surface area contributed by atoms with E-state index in [9.17, 15) is 4.39 Å². The summed E-state index contributed by atoms with van der Waals surface area (Å²) in [4.78, 5) is 0. The molecule has 1 unspecified atom stereocenters. The molecule has 13 heavy (non-hydrogen) atoms. The monoisotopic (exact) mass is 246 g/mol. The molecule has 0 fully saturated rings. The number of hydrogen-bond donors (Lipinski definition) is 1. The van der Waals surface area contributed by atoms with Gasteiger partial charge in [-0.25, -0.2) is 4.39 Å². The summed E-state index contributed by atoms with van der Waals surface area (Å²) >= 11 is 3.19. The zero-order valence-electron chi connectivity index (χ0n) is 7.43. The first-order valence-electron chi connectivity index (χ1n) is 4.18. The summed E-state index contributed by atoms with van der Waals surface area (Å²) in [5.74, 6) is -0.106. The molecule has 0 aliphatic heterocycles. The third-order valence-electron chi connectivity index (χ3n) is 1.90. The third kappa shape index (κ3) is 3.08. The van der Waals surface area contributed by atoms with E-state index in [2.05, 4.69) is 15.9 Å². The van der Waals surface area contributed by atoms with Gasteiger partial charge in [-0.1, -0.05) is 28.9 Å². The van der Waals surface area contributed by atoms with Gasteiger partial charge in [-0.15, -0.1) is 0 Å². The Morgan fingerprint density at radius 1 is 1.54 bits per heavy atom. The van der Waals surface area contributed by atoms with Gasteiger partial charge in [0.1, 0.15) is 5.82 Å². The van der Waals surface area contributed by atoms with Crippen LogP contribution in [0.5, 0.6) is 0 Å². The molecule has 1 aromatic rings. The highest BCUT2D eigenvalue weighted by Crippen LogP contribution is 2.17. The van der Waals surface area contributed by atoms with Crippen molar-refractivity contribution in [2.75, 3.05) is 6.61 Å². The van der Waals surface area contributed by atoms with Crippen molar-refractivity contribution in [1.29, 1.82) is 0 Å². The largest absolute Gasteiger partial charge is 0.396 e. The van der Waals surface area contributed by atoms with E-state index in [0.29, 0.717) is 12.0 Å². The van der Waals surface area contributed by atoms with Gasteiger partial charge in [0.15, 0.2) is 0 Å². The lowest BCUT2D eigenvalue weighted by atomic mass is 10.0. The molecule has 1 rings (SSSR count). The summed E-state index contributed by atoms with van der Waals surface area (Å²) in [5, 5.41) is 8.81. The number of rotatable bonds is 3. The molecule has 3 heteroatoms. The molecule has 0 radical (unpaired) electrons.